The molecule has 0 bridgehead atoms. The molecular weight excluding hydrogens is 234 g/mol. The Bertz CT molecular complexity index is 303. The van der Waals surface area contributed by atoms with E-state index in [9.17, 15) is 9.59 Å². The van der Waals surface area contributed by atoms with Gasteiger partial charge in [0.05, 0.1) is 6.61 Å². The summed E-state index contributed by atoms with van der Waals surface area (Å²) in [5.74, 6) is -1.02. The largest absolute Gasteiger partial charge is 0.464 e. The van der Waals surface area contributed by atoms with Crippen LogP contribution in [0.1, 0.15) is 40.5 Å². The van der Waals surface area contributed by atoms with Gasteiger partial charge in [-0.15, -0.1) is 0 Å². The molecule has 1 aliphatic rings. The molecule has 5 nitrogen and oxygen atoms in total. The van der Waals surface area contributed by atoms with Crippen LogP contribution in [0.3, 0.4) is 0 Å². The summed E-state index contributed by atoms with van der Waals surface area (Å²) in [6, 6.07) is -0.910. The lowest BCUT2D eigenvalue weighted by atomic mass is 10.2. The Morgan fingerprint density at radius 3 is 2.17 bits per heavy atom. The fraction of sp³-hybridized carbons (Fsp3) is 0.846. The number of hydrogen-bond acceptors (Lipinski definition) is 5. The summed E-state index contributed by atoms with van der Waals surface area (Å²) in [7, 11) is 0. The van der Waals surface area contributed by atoms with Crippen LogP contribution in [0.5, 0.6) is 0 Å². The Morgan fingerprint density at radius 1 is 1.17 bits per heavy atom. The topological polar surface area (TPSA) is 55.8 Å². The highest BCUT2D eigenvalue weighted by Gasteiger charge is 2.38. The summed E-state index contributed by atoms with van der Waals surface area (Å²) < 4.78 is 10.3. The molecule has 0 spiro atoms. The number of nitrogens with zero attached hydrogens (tertiary/aromatic N) is 1. The second kappa shape index (κ2) is 6.18. The highest BCUT2D eigenvalue weighted by atomic mass is 16.6. The van der Waals surface area contributed by atoms with Crippen molar-refractivity contribution in [3.05, 3.63) is 0 Å². The molecule has 104 valence electrons. The number of carbonyl (C=O) groups excluding carboxylic acids is 2. The van der Waals surface area contributed by atoms with Crippen molar-refractivity contribution in [3.63, 3.8) is 0 Å². The first kappa shape index (κ1) is 15.0. The zero-order chi connectivity index (χ0) is 13.8. The van der Waals surface area contributed by atoms with E-state index in [1.54, 1.807) is 27.7 Å². The normalized spacial score (nSPS) is 18.4. The third kappa shape index (κ3) is 4.29. The number of likely N-dealkylation sites (tertiary alicyclic amines) is 1. The predicted molar refractivity (Wildman–Crippen MR) is 67.1 cm³/mol. The van der Waals surface area contributed by atoms with Gasteiger partial charge in [-0.2, -0.15) is 0 Å². The van der Waals surface area contributed by atoms with Crippen molar-refractivity contribution in [2.75, 3.05) is 19.7 Å². The zero-order valence-electron chi connectivity index (χ0n) is 11.7. The average Bonchev–Trinajstić information content (AvgIpc) is 2.68. The van der Waals surface area contributed by atoms with Gasteiger partial charge in [-0.25, -0.2) is 9.59 Å². The van der Waals surface area contributed by atoms with Crippen molar-refractivity contribution in [3.8, 4) is 0 Å². The van der Waals surface area contributed by atoms with Crippen LogP contribution in [-0.2, 0) is 19.1 Å². The van der Waals surface area contributed by atoms with Gasteiger partial charge in [0, 0.05) is 0 Å². The molecule has 0 aromatic carbocycles. The van der Waals surface area contributed by atoms with Crippen molar-refractivity contribution in [2.45, 2.75) is 52.2 Å². The van der Waals surface area contributed by atoms with E-state index in [4.69, 9.17) is 9.47 Å². The van der Waals surface area contributed by atoms with Gasteiger partial charge < -0.3 is 9.47 Å². The van der Waals surface area contributed by atoms with Crippen molar-refractivity contribution < 1.29 is 19.1 Å². The number of carbonyl (C=O) groups is 2. The number of ether oxygens (including phenoxy) is 2. The molecule has 0 aliphatic carbocycles. The van der Waals surface area contributed by atoms with Crippen LogP contribution in [-0.4, -0.2) is 48.2 Å². The number of rotatable bonds is 4. The minimum absolute atomic E-state index is 0.270. The third-order valence-electron chi connectivity index (χ3n) is 2.65. The molecule has 1 saturated heterocycles. The van der Waals surface area contributed by atoms with Crippen LogP contribution in [0.25, 0.3) is 0 Å². The first-order valence-electron chi connectivity index (χ1n) is 6.48. The number of hydrogen-bond donors (Lipinski definition) is 0. The Labute approximate surface area is 108 Å². The molecule has 0 amide bonds. The van der Waals surface area contributed by atoms with Gasteiger partial charge >= 0.3 is 11.9 Å². The Morgan fingerprint density at radius 2 is 1.72 bits per heavy atom. The van der Waals surface area contributed by atoms with Gasteiger partial charge in [0.15, 0.2) is 0 Å². The Kier molecular flexibility index (Phi) is 5.14. The quantitative estimate of drug-likeness (QED) is 0.562. The molecule has 1 heterocycles. The summed E-state index contributed by atoms with van der Waals surface area (Å²) >= 11 is 0. The molecule has 0 radical (unpaired) electrons. The van der Waals surface area contributed by atoms with Crippen molar-refractivity contribution in [1.29, 1.82) is 0 Å². The summed E-state index contributed by atoms with van der Waals surface area (Å²) in [6.07, 6.45) is 2.00. The average molecular weight is 257 g/mol. The molecular formula is C13H23NO4. The predicted octanol–water partition coefficient (Wildman–Crippen LogP) is 1.36. The fourth-order valence-electron chi connectivity index (χ4n) is 1.97. The molecule has 18 heavy (non-hydrogen) atoms. The van der Waals surface area contributed by atoms with Gasteiger partial charge in [-0.3, -0.25) is 4.90 Å². The van der Waals surface area contributed by atoms with E-state index in [-0.39, 0.29) is 6.61 Å². The van der Waals surface area contributed by atoms with Crippen LogP contribution in [0.15, 0.2) is 0 Å². The highest BCUT2D eigenvalue weighted by molar-refractivity contribution is 5.99. The van der Waals surface area contributed by atoms with Crippen LogP contribution in [0, 0.1) is 0 Å². The molecule has 5 heteroatoms. The van der Waals surface area contributed by atoms with Crippen molar-refractivity contribution in [2.24, 2.45) is 0 Å². The van der Waals surface area contributed by atoms with E-state index in [1.807, 2.05) is 4.90 Å². The molecule has 0 aromatic rings. The van der Waals surface area contributed by atoms with E-state index in [0.29, 0.717) is 0 Å². The smallest absolute Gasteiger partial charge is 0.335 e. The van der Waals surface area contributed by atoms with Gasteiger partial charge in [0.2, 0.25) is 6.04 Å². The second-order valence-corrected chi connectivity index (χ2v) is 5.43. The van der Waals surface area contributed by atoms with Gasteiger partial charge in [0.25, 0.3) is 0 Å². The molecule has 0 saturated carbocycles. The molecule has 1 atom stereocenters. The molecule has 1 fully saturated rings. The lowest BCUT2D eigenvalue weighted by molar-refractivity contribution is -0.170. The Hall–Kier alpha value is -1.10. The van der Waals surface area contributed by atoms with Crippen molar-refractivity contribution in [1.82, 2.24) is 4.90 Å². The molecule has 0 unspecified atom stereocenters. The van der Waals surface area contributed by atoms with Crippen LogP contribution < -0.4 is 0 Å². The Balaban J connectivity index is 2.76. The minimum atomic E-state index is -0.910. The minimum Gasteiger partial charge on any atom is -0.464 e. The van der Waals surface area contributed by atoms with Crippen molar-refractivity contribution >= 4 is 11.9 Å². The summed E-state index contributed by atoms with van der Waals surface area (Å²) in [6.45, 7) is 8.84. The van der Waals surface area contributed by atoms with Gasteiger partial charge in [-0.1, -0.05) is 0 Å². The first-order valence-corrected chi connectivity index (χ1v) is 6.48. The van der Waals surface area contributed by atoms with E-state index in [1.165, 1.54) is 0 Å². The van der Waals surface area contributed by atoms with E-state index >= 15 is 0 Å². The van der Waals surface area contributed by atoms with E-state index in [0.717, 1.165) is 25.9 Å². The van der Waals surface area contributed by atoms with Crippen LogP contribution in [0.4, 0.5) is 0 Å². The zero-order valence-corrected chi connectivity index (χ0v) is 11.7. The van der Waals surface area contributed by atoms with E-state index in [2.05, 4.69) is 0 Å². The molecule has 0 N–H and O–H groups in total. The summed E-state index contributed by atoms with van der Waals surface area (Å²) in [5, 5.41) is 0. The lowest BCUT2D eigenvalue weighted by Gasteiger charge is -2.27. The maximum Gasteiger partial charge on any atom is 0.335 e. The fourth-order valence-corrected chi connectivity index (χ4v) is 1.97. The molecule has 1 aliphatic heterocycles. The SMILES string of the molecule is CCOC(=O)[C@@H](C(=O)OC(C)(C)C)N1CCCC1. The lowest BCUT2D eigenvalue weighted by Crippen LogP contribution is -2.48. The standard InChI is InChI=1S/C13H23NO4/c1-5-17-11(15)10(14-8-6-7-9-14)12(16)18-13(2,3)4/h10H,5-9H2,1-4H3/t10-/m0/s1. The van der Waals surface area contributed by atoms with Gasteiger partial charge in [-0.05, 0) is 53.6 Å². The monoisotopic (exact) mass is 257 g/mol. The first-order chi connectivity index (χ1) is 8.35. The highest BCUT2D eigenvalue weighted by Crippen LogP contribution is 2.17. The van der Waals surface area contributed by atoms with E-state index < -0.39 is 23.6 Å². The molecule has 1 rings (SSSR count). The maximum absolute atomic E-state index is 12.1. The van der Waals surface area contributed by atoms with Gasteiger partial charge in [0.1, 0.15) is 5.60 Å². The summed E-state index contributed by atoms with van der Waals surface area (Å²) in [4.78, 5) is 25.8. The van der Waals surface area contributed by atoms with Crippen LogP contribution >= 0.6 is 0 Å². The summed E-state index contributed by atoms with van der Waals surface area (Å²) in [5.41, 5.74) is -0.596. The number of esters is 2. The third-order valence-corrected chi connectivity index (χ3v) is 2.65. The second-order valence-electron chi connectivity index (χ2n) is 5.43. The molecule has 0 aromatic heterocycles. The van der Waals surface area contributed by atoms with Crippen LogP contribution in [0.2, 0.25) is 0 Å². The maximum atomic E-state index is 12.1.